The van der Waals surface area contributed by atoms with Crippen LogP contribution in [-0.2, 0) is 9.59 Å². The van der Waals surface area contributed by atoms with Crippen molar-refractivity contribution in [3.63, 3.8) is 0 Å². The predicted octanol–water partition coefficient (Wildman–Crippen LogP) is 2.33. The highest BCUT2D eigenvalue weighted by Crippen LogP contribution is 2.27. The van der Waals surface area contributed by atoms with Crippen molar-refractivity contribution < 1.29 is 9.59 Å². The van der Waals surface area contributed by atoms with Crippen LogP contribution >= 0.6 is 0 Å². The maximum Gasteiger partial charge on any atom is 0.245 e. The van der Waals surface area contributed by atoms with Gasteiger partial charge in [-0.05, 0) is 24.2 Å². The molecule has 20 heavy (non-hydrogen) atoms. The van der Waals surface area contributed by atoms with E-state index in [1.165, 1.54) is 32.1 Å². The average Bonchev–Trinajstić information content (AvgIpc) is 2.52. The molecule has 2 aliphatic rings. The summed E-state index contributed by atoms with van der Waals surface area (Å²) in [6, 6.07) is -0.388. The highest BCUT2D eigenvalue weighted by molar-refractivity contribution is 5.90. The van der Waals surface area contributed by atoms with Crippen LogP contribution in [0.25, 0.3) is 0 Å². The molecule has 1 unspecified atom stereocenters. The Labute approximate surface area is 122 Å². The molecule has 0 spiro atoms. The molecule has 0 aromatic rings. The molecule has 1 saturated carbocycles. The number of carbonyl (C=O) groups is 2. The lowest BCUT2D eigenvalue weighted by Gasteiger charge is -2.34. The second kappa shape index (κ2) is 6.15. The van der Waals surface area contributed by atoms with E-state index in [9.17, 15) is 9.59 Å². The van der Waals surface area contributed by atoms with Crippen LogP contribution < -0.4 is 5.32 Å². The lowest BCUT2D eigenvalue weighted by Crippen LogP contribution is -2.52. The van der Waals surface area contributed by atoms with Crippen LogP contribution in [0, 0.1) is 11.3 Å². The average molecular weight is 280 g/mol. The smallest absolute Gasteiger partial charge is 0.245 e. The van der Waals surface area contributed by atoms with Crippen molar-refractivity contribution in [1.29, 1.82) is 0 Å². The maximum absolute atomic E-state index is 12.7. The zero-order valence-electron chi connectivity index (χ0n) is 13.1. The Kier molecular flexibility index (Phi) is 4.71. The summed E-state index contributed by atoms with van der Waals surface area (Å²) in [5, 5.41) is 2.91. The lowest BCUT2D eigenvalue weighted by atomic mass is 9.85. The molecule has 0 aromatic carbocycles. The molecule has 1 atom stereocenters. The maximum atomic E-state index is 12.7. The van der Waals surface area contributed by atoms with Gasteiger partial charge in [0.1, 0.15) is 6.04 Å². The van der Waals surface area contributed by atoms with Gasteiger partial charge in [-0.15, -0.1) is 0 Å². The van der Waals surface area contributed by atoms with Gasteiger partial charge in [0.15, 0.2) is 0 Å². The Balaban J connectivity index is 2.06. The van der Waals surface area contributed by atoms with Gasteiger partial charge in [-0.25, -0.2) is 0 Å². The third kappa shape index (κ3) is 3.74. The number of amides is 2. The first-order valence-electron chi connectivity index (χ1n) is 7.96. The molecule has 114 valence electrons. The van der Waals surface area contributed by atoms with Crippen LogP contribution in [0.2, 0.25) is 0 Å². The highest BCUT2D eigenvalue weighted by Gasteiger charge is 2.38. The van der Waals surface area contributed by atoms with E-state index in [0.29, 0.717) is 18.9 Å². The normalized spacial score (nSPS) is 26.4. The first kappa shape index (κ1) is 15.3. The van der Waals surface area contributed by atoms with Crippen molar-refractivity contribution in [2.24, 2.45) is 11.3 Å². The molecule has 1 aliphatic carbocycles. The zero-order valence-corrected chi connectivity index (χ0v) is 13.1. The molecule has 0 radical (unpaired) electrons. The molecule has 1 saturated heterocycles. The number of nitrogens with one attached hydrogen (secondary N) is 1. The third-order valence-electron chi connectivity index (χ3n) is 4.54. The second-order valence-electron chi connectivity index (χ2n) is 7.40. The Morgan fingerprint density at radius 3 is 2.40 bits per heavy atom. The molecular weight excluding hydrogens is 252 g/mol. The monoisotopic (exact) mass is 280 g/mol. The van der Waals surface area contributed by atoms with Gasteiger partial charge in [-0.3, -0.25) is 9.59 Å². The first-order valence-corrected chi connectivity index (χ1v) is 7.96. The summed E-state index contributed by atoms with van der Waals surface area (Å²) in [4.78, 5) is 26.5. The highest BCUT2D eigenvalue weighted by atomic mass is 16.2. The number of rotatable bonds is 2. The molecule has 2 fully saturated rings. The second-order valence-corrected chi connectivity index (χ2v) is 7.40. The zero-order chi connectivity index (χ0) is 14.8. The molecule has 1 aliphatic heterocycles. The van der Waals surface area contributed by atoms with Crippen molar-refractivity contribution in [3.05, 3.63) is 0 Å². The third-order valence-corrected chi connectivity index (χ3v) is 4.54. The number of nitrogens with zero attached hydrogens (tertiary/aromatic N) is 1. The standard InChI is InChI=1S/C16H28N2O2/c1-16(2,3)14-15(20)18(10-9-13(19)17-14)11-12-7-5-4-6-8-12/h12,14H,4-11H2,1-3H3,(H,17,19). The van der Waals surface area contributed by atoms with Crippen molar-refractivity contribution in [2.75, 3.05) is 13.1 Å². The fraction of sp³-hybridized carbons (Fsp3) is 0.875. The topological polar surface area (TPSA) is 49.4 Å². The molecule has 4 heteroatoms. The van der Waals surface area contributed by atoms with E-state index >= 15 is 0 Å². The summed E-state index contributed by atoms with van der Waals surface area (Å²) in [5.41, 5.74) is -0.234. The SMILES string of the molecule is CC(C)(C)C1NC(=O)CCN(CC2CCCCC2)C1=O. The summed E-state index contributed by atoms with van der Waals surface area (Å²) in [6.07, 6.45) is 6.79. The van der Waals surface area contributed by atoms with Crippen LogP contribution in [0.3, 0.4) is 0 Å². The van der Waals surface area contributed by atoms with E-state index in [2.05, 4.69) is 5.32 Å². The van der Waals surface area contributed by atoms with Crippen molar-refractivity contribution in [1.82, 2.24) is 10.2 Å². The van der Waals surface area contributed by atoms with Gasteiger partial charge in [0.2, 0.25) is 11.8 Å². The van der Waals surface area contributed by atoms with Gasteiger partial charge >= 0.3 is 0 Å². The minimum Gasteiger partial charge on any atom is -0.344 e. The molecular formula is C16H28N2O2. The van der Waals surface area contributed by atoms with E-state index in [1.54, 1.807) is 0 Å². The quantitative estimate of drug-likeness (QED) is 0.844. The van der Waals surface area contributed by atoms with E-state index in [0.717, 1.165) is 6.54 Å². The van der Waals surface area contributed by atoms with Crippen molar-refractivity contribution in [3.8, 4) is 0 Å². The fourth-order valence-electron chi connectivity index (χ4n) is 3.27. The van der Waals surface area contributed by atoms with Crippen LogP contribution in [0.1, 0.15) is 59.3 Å². The molecule has 1 heterocycles. The number of hydrogen-bond acceptors (Lipinski definition) is 2. The summed E-state index contributed by atoms with van der Waals surface area (Å²) < 4.78 is 0. The first-order chi connectivity index (χ1) is 9.38. The molecule has 0 aromatic heterocycles. The van der Waals surface area contributed by atoms with Gasteiger partial charge < -0.3 is 10.2 Å². The Hall–Kier alpha value is -1.06. The van der Waals surface area contributed by atoms with Crippen molar-refractivity contribution >= 4 is 11.8 Å². The van der Waals surface area contributed by atoms with Crippen LogP contribution in [0.15, 0.2) is 0 Å². The number of carbonyl (C=O) groups excluding carboxylic acids is 2. The van der Waals surface area contributed by atoms with Gasteiger partial charge in [0.05, 0.1) is 0 Å². The van der Waals surface area contributed by atoms with Crippen LogP contribution in [0.4, 0.5) is 0 Å². The Morgan fingerprint density at radius 2 is 1.80 bits per heavy atom. The van der Waals surface area contributed by atoms with Crippen LogP contribution in [0.5, 0.6) is 0 Å². The number of hydrogen-bond donors (Lipinski definition) is 1. The van der Waals surface area contributed by atoms with E-state index in [1.807, 2.05) is 25.7 Å². The lowest BCUT2D eigenvalue weighted by molar-refractivity contribution is -0.137. The van der Waals surface area contributed by atoms with Gasteiger partial charge in [0, 0.05) is 19.5 Å². The summed E-state index contributed by atoms with van der Waals surface area (Å²) in [6.45, 7) is 7.45. The predicted molar refractivity (Wildman–Crippen MR) is 79.2 cm³/mol. The van der Waals surface area contributed by atoms with Crippen molar-refractivity contribution in [2.45, 2.75) is 65.3 Å². The summed E-state index contributed by atoms with van der Waals surface area (Å²) in [5.74, 6) is 0.736. The molecule has 1 N–H and O–H groups in total. The molecule has 4 nitrogen and oxygen atoms in total. The minimum absolute atomic E-state index is 0.00409. The van der Waals surface area contributed by atoms with E-state index in [4.69, 9.17) is 0 Å². The minimum atomic E-state index is -0.388. The summed E-state index contributed by atoms with van der Waals surface area (Å²) >= 11 is 0. The largest absolute Gasteiger partial charge is 0.344 e. The van der Waals surface area contributed by atoms with E-state index in [-0.39, 0.29) is 23.3 Å². The van der Waals surface area contributed by atoms with Gasteiger partial charge in [0.25, 0.3) is 0 Å². The van der Waals surface area contributed by atoms with Gasteiger partial charge in [-0.1, -0.05) is 40.0 Å². The Bertz CT molecular complexity index is 367. The molecule has 2 rings (SSSR count). The summed E-state index contributed by atoms with van der Waals surface area (Å²) in [7, 11) is 0. The van der Waals surface area contributed by atoms with Gasteiger partial charge in [-0.2, -0.15) is 0 Å². The molecule has 0 bridgehead atoms. The van der Waals surface area contributed by atoms with E-state index < -0.39 is 0 Å². The Morgan fingerprint density at radius 1 is 1.15 bits per heavy atom. The molecule has 2 amide bonds. The van der Waals surface area contributed by atoms with Crippen LogP contribution in [-0.4, -0.2) is 35.8 Å². The fourth-order valence-corrected chi connectivity index (χ4v) is 3.27.